The summed E-state index contributed by atoms with van der Waals surface area (Å²) in [5.74, 6) is -0.334. The van der Waals surface area contributed by atoms with Crippen LogP contribution in [0, 0.1) is 11.3 Å². The fraction of sp³-hybridized carbons (Fsp3) is 0.630. The minimum absolute atomic E-state index is 0.0507. The number of fused-ring (bicyclic) bond motifs is 2. The standard InChI is InChI=1S/C27H34F6N2O3S/c1-17(2)24(3)13-20(25(36,26(28,29)30)27(31,32)33)9-12-23(24)19-7-5-18(6-8-19)14-34-15-21-10-11-22(16-34)35(21)39(4,37)38/h5-9,12,17,21-22,36H,10-11,13-16H2,1-4H3. The van der Waals surface area contributed by atoms with Crippen LogP contribution in [0.4, 0.5) is 26.3 Å². The zero-order valence-corrected chi connectivity index (χ0v) is 23.1. The molecule has 1 aromatic carbocycles. The number of aliphatic hydroxyl groups is 1. The molecule has 12 heteroatoms. The molecule has 2 aliphatic heterocycles. The first-order valence-electron chi connectivity index (χ1n) is 12.9. The summed E-state index contributed by atoms with van der Waals surface area (Å²) in [6.07, 6.45) is -7.55. The summed E-state index contributed by atoms with van der Waals surface area (Å²) in [4.78, 5) is 2.21. The number of benzene rings is 1. The van der Waals surface area contributed by atoms with Crippen LogP contribution in [0.5, 0.6) is 0 Å². The van der Waals surface area contributed by atoms with Gasteiger partial charge in [0.15, 0.2) is 0 Å². The Morgan fingerprint density at radius 3 is 1.92 bits per heavy atom. The van der Waals surface area contributed by atoms with Gasteiger partial charge in [0.2, 0.25) is 10.0 Å². The lowest BCUT2D eigenvalue weighted by Crippen LogP contribution is -2.59. The predicted molar refractivity (Wildman–Crippen MR) is 136 cm³/mol. The number of likely N-dealkylation sites (tertiary alicyclic amines) is 1. The van der Waals surface area contributed by atoms with Crippen LogP contribution in [0.15, 0.2) is 42.0 Å². The highest BCUT2D eigenvalue weighted by Gasteiger charge is 2.72. The van der Waals surface area contributed by atoms with E-state index in [9.17, 15) is 39.9 Å². The topological polar surface area (TPSA) is 60.9 Å². The third-order valence-corrected chi connectivity index (χ3v) is 10.1. The Morgan fingerprint density at radius 1 is 0.974 bits per heavy atom. The van der Waals surface area contributed by atoms with Gasteiger partial charge in [0.25, 0.3) is 5.60 Å². The van der Waals surface area contributed by atoms with Crippen molar-refractivity contribution in [1.29, 1.82) is 0 Å². The van der Waals surface area contributed by atoms with Crippen molar-refractivity contribution < 1.29 is 39.9 Å². The molecule has 0 radical (unpaired) electrons. The Morgan fingerprint density at radius 2 is 1.49 bits per heavy atom. The van der Waals surface area contributed by atoms with Gasteiger partial charge in [0.05, 0.1) is 6.26 Å². The first-order valence-corrected chi connectivity index (χ1v) is 14.7. The molecule has 1 N–H and O–H groups in total. The molecule has 3 atom stereocenters. The summed E-state index contributed by atoms with van der Waals surface area (Å²) in [6, 6.07) is 7.27. The third kappa shape index (κ3) is 5.29. The molecule has 1 aromatic rings. The molecule has 4 rings (SSSR count). The van der Waals surface area contributed by atoms with Crippen molar-refractivity contribution in [3.05, 3.63) is 53.1 Å². The number of hydrogen-bond acceptors (Lipinski definition) is 4. The van der Waals surface area contributed by atoms with Crippen molar-refractivity contribution in [3.63, 3.8) is 0 Å². The summed E-state index contributed by atoms with van der Waals surface area (Å²) in [6.45, 7) is 6.92. The molecule has 0 aromatic heterocycles. The summed E-state index contributed by atoms with van der Waals surface area (Å²) in [7, 11) is -3.27. The van der Waals surface area contributed by atoms with Crippen molar-refractivity contribution in [2.45, 2.75) is 76.6 Å². The Balaban J connectivity index is 1.59. The number of alkyl halides is 6. The largest absolute Gasteiger partial charge is 0.430 e. The second-order valence-corrected chi connectivity index (χ2v) is 13.5. The van der Waals surface area contributed by atoms with Gasteiger partial charge < -0.3 is 5.11 Å². The average Bonchev–Trinajstić information content (AvgIpc) is 3.09. The van der Waals surface area contributed by atoms with Crippen LogP contribution in [0.25, 0.3) is 5.57 Å². The molecule has 218 valence electrons. The van der Waals surface area contributed by atoms with Crippen LogP contribution in [-0.2, 0) is 16.6 Å². The Labute approximate surface area is 225 Å². The van der Waals surface area contributed by atoms with E-state index in [-0.39, 0.29) is 18.0 Å². The molecule has 3 aliphatic rings. The molecule has 39 heavy (non-hydrogen) atoms. The van der Waals surface area contributed by atoms with E-state index in [2.05, 4.69) is 4.90 Å². The van der Waals surface area contributed by atoms with Gasteiger partial charge in [0, 0.05) is 31.7 Å². The zero-order chi connectivity index (χ0) is 29.2. The van der Waals surface area contributed by atoms with Crippen LogP contribution >= 0.6 is 0 Å². The Hall–Kier alpha value is -1.89. The first-order chi connectivity index (χ1) is 17.8. The van der Waals surface area contributed by atoms with E-state index < -0.39 is 45.4 Å². The lowest BCUT2D eigenvalue weighted by atomic mass is 9.63. The third-order valence-electron chi connectivity index (χ3n) is 8.73. The molecule has 5 nitrogen and oxygen atoms in total. The summed E-state index contributed by atoms with van der Waals surface area (Å²) >= 11 is 0. The normalized spacial score (nSPS) is 27.6. The summed E-state index contributed by atoms with van der Waals surface area (Å²) < 4.78 is 107. The van der Waals surface area contributed by atoms with Crippen LogP contribution in [0.2, 0.25) is 0 Å². The van der Waals surface area contributed by atoms with Gasteiger partial charge in [-0.05, 0) is 52.9 Å². The number of hydrogen-bond donors (Lipinski definition) is 1. The molecule has 2 fully saturated rings. The van der Waals surface area contributed by atoms with Gasteiger partial charge in [-0.1, -0.05) is 57.2 Å². The van der Waals surface area contributed by atoms with E-state index in [4.69, 9.17) is 0 Å². The minimum Gasteiger partial charge on any atom is -0.370 e. The first kappa shape index (κ1) is 30.1. The van der Waals surface area contributed by atoms with E-state index in [1.807, 2.05) is 24.3 Å². The smallest absolute Gasteiger partial charge is 0.370 e. The zero-order valence-electron chi connectivity index (χ0n) is 22.3. The average molecular weight is 581 g/mol. The fourth-order valence-electron chi connectivity index (χ4n) is 6.31. The molecular weight excluding hydrogens is 546 g/mol. The van der Waals surface area contributed by atoms with Crippen molar-refractivity contribution in [3.8, 4) is 0 Å². The lowest BCUT2D eigenvalue weighted by Gasteiger charge is -2.44. The van der Waals surface area contributed by atoms with Gasteiger partial charge in [-0.3, -0.25) is 4.90 Å². The number of nitrogens with zero attached hydrogens (tertiary/aromatic N) is 2. The summed E-state index contributed by atoms with van der Waals surface area (Å²) in [5, 5.41) is 9.99. The van der Waals surface area contributed by atoms with Gasteiger partial charge in [-0.15, -0.1) is 0 Å². The van der Waals surface area contributed by atoms with Crippen molar-refractivity contribution >= 4 is 15.6 Å². The Kier molecular flexibility index (Phi) is 7.62. The molecule has 0 amide bonds. The van der Waals surface area contributed by atoms with E-state index in [1.54, 1.807) is 25.1 Å². The molecule has 2 heterocycles. The number of allylic oxidation sites excluding steroid dienone is 3. The number of piperazine rings is 1. The van der Waals surface area contributed by atoms with Gasteiger partial charge in [-0.2, -0.15) is 30.6 Å². The van der Waals surface area contributed by atoms with Crippen molar-refractivity contribution in [2.24, 2.45) is 11.3 Å². The maximum atomic E-state index is 13.6. The molecular formula is C27H34F6N2O3S. The monoisotopic (exact) mass is 580 g/mol. The van der Waals surface area contributed by atoms with Crippen LogP contribution in [-0.4, -0.2) is 72.1 Å². The van der Waals surface area contributed by atoms with Gasteiger partial charge in [-0.25, -0.2) is 8.42 Å². The second kappa shape index (κ2) is 9.88. The van der Waals surface area contributed by atoms with Crippen LogP contribution in [0.3, 0.4) is 0 Å². The highest BCUT2D eigenvalue weighted by atomic mass is 32.2. The number of halogens is 6. The number of rotatable bonds is 6. The van der Waals surface area contributed by atoms with E-state index in [0.29, 0.717) is 30.8 Å². The van der Waals surface area contributed by atoms with Crippen LogP contribution < -0.4 is 0 Å². The molecule has 0 saturated carbocycles. The maximum Gasteiger partial charge on any atom is 0.430 e. The van der Waals surface area contributed by atoms with Gasteiger partial charge >= 0.3 is 12.4 Å². The quantitative estimate of drug-likeness (QED) is 0.450. The van der Waals surface area contributed by atoms with E-state index in [1.165, 1.54) is 12.3 Å². The Bertz CT molecular complexity index is 1230. The highest BCUT2D eigenvalue weighted by Crippen LogP contribution is 2.56. The van der Waals surface area contributed by atoms with E-state index >= 15 is 0 Å². The molecule has 2 bridgehead atoms. The van der Waals surface area contributed by atoms with Crippen molar-refractivity contribution in [2.75, 3.05) is 19.3 Å². The molecule has 3 unspecified atom stereocenters. The lowest BCUT2D eigenvalue weighted by molar-refractivity contribution is -0.353. The SMILES string of the molecule is CC(C)C1(C)CC(C(O)(C(F)(F)F)C(F)(F)F)=CC=C1c1ccc(CN2CC3CCC(C2)N3S(C)(=O)=O)cc1. The second-order valence-electron chi connectivity index (χ2n) is 11.6. The summed E-state index contributed by atoms with van der Waals surface area (Å²) in [5.41, 5.74) is -4.91. The van der Waals surface area contributed by atoms with Gasteiger partial charge in [0.1, 0.15) is 0 Å². The van der Waals surface area contributed by atoms with Crippen molar-refractivity contribution in [1.82, 2.24) is 9.21 Å². The molecule has 0 spiro atoms. The van der Waals surface area contributed by atoms with E-state index in [0.717, 1.165) is 24.5 Å². The fourth-order valence-corrected chi connectivity index (χ4v) is 7.74. The predicted octanol–water partition coefficient (Wildman–Crippen LogP) is 5.53. The number of sulfonamides is 1. The highest BCUT2D eigenvalue weighted by molar-refractivity contribution is 7.88. The minimum atomic E-state index is -5.92. The van der Waals surface area contributed by atoms with Crippen LogP contribution in [0.1, 0.15) is 51.2 Å². The maximum absolute atomic E-state index is 13.6. The molecule has 2 saturated heterocycles. The molecule has 1 aliphatic carbocycles.